The highest BCUT2D eigenvalue weighted by Gasteiger charge is 2.32. The van der Waals surface area contributed by atoms with Crippen LogP contribution < -0.4 is 5.32 Å². The number of rotatable bonds is 3. The van der Waals surface area contributed by atoms with Gasteiger partial charge in [0.05, 0.1) is 10.5 Å². The lowest BCUT2D eigenvalue weighted by Crippen LogP contribution is -2.35. The van der Waals surface area contributed by atoms with Gasteiger partial charge in [-0.3, -0.25) is 4.79 Å². The summed E-state index contributed by atoms with van der Waals surface area (Å²) in [5.74, 6) is -0.642. The van der Waals surface area contributed by atoms with E-state index in [0.29, 0.717) is 4.47 Å². The lowest BCUT2D eigenvalue weighted by atomic mass is 10.1. The first kappa shape index (κ1) is 12.1. The van der Waals surface area contributed by atoms with E-state index in [9.17, 15) is 9.18 Å². The number of benzene rings is 1. The molecule has 0 aromatic heterocycles. The van der Waals surface area contributed by atoms with Crippen LogP contribution >= 0.6 is 15.9 Å². The largest absolute Gasteiger partial charge is 0.336 e. The fourth-order valence-corrected chi connectivity index (χ4v) is 1.79. The third-order valence-corrected chi connectivity index (χ3v) is 3.34. The van der Waals surface area contributed by atoms with Gasteiger partial charge in [0.25, 0.3) is 5.91 Å². The van der Waals surface area contributed by atoms with Crippen LogP contribution in [0.15, 0.2) is 22.7 Å². The molecule has 0 heterocycles. The van der Waals surface area contributed by atoms with Crippen molar-refractivity contribution in [2.24, 2.45) is 5.92 Å². The summed E-state index contributed by atoms with van der Waals surface area (Å²) in [6, 6.07) is 5.74. The van der Waals surface area contributed by atoms with Crippen LogP contribution in [-0.4, -0.2) is 11.9 Å². The van der Waals surface area contributed by atoms with Gasteiger partial charge < -0.3 is 5.32 Å². The van der Waals surface area contributed by atoms with E-state index >= 15 is 0 Å². The molecule has 0 spiro atoms. The Balaban J connectivity index is 2.08. The van der Waals surface area contributed by atoms with Crippen LogP contribution in [0.3, 0.4) is 0 Å². The van der Waals surface area contributed by atoms with Gasteiger partial charge in [0.15, 0.2) is 0 Å². The van der Waals surface area contributed by atoms with E-state index in [-0.39, 0.29) is 11.5 Å². The van der Waals surface area contributed by atoms with Crippen LogP contribution in [0, 0.1) is 23.1 Å². The summed E-state index contributed by atoms with van der Waals surface area (Å²) in [5.41, 5.74) is 0.228. The number of nitrogens with one attached hydrogen (secondary N) is 1. The molecule has 1 aromatic carbocycles. The third-order valence-electron chi connectivity index (χ3n) is 2.70. The molecule has 2 rings (SSSR count). The molecule has 0 bridgehead atoms. The highest BCUT2D eigenvalue weighted by molar-refractivity contribution is 9.10. The predicted molar refractivity (Wildman–Crippen MR) is 63.7 cm³/mol. The Kier molecular flexibility index (Phi) is 3.43. The number of carbonyl (C=O) groups excluding carboxylic acids is 1. The average Bonchev–Trinajstić information content (AvgIpc) is 3.13. The lowest BCUT2D eigenvalue weighted by molar-refractivity contribution is 0.0941. The van der Waals surface area contributed by atoms with Crippen molar-refractivity contribution in [3.05, 3.63) is 34.1 Å². The van der Waals surface area contributed by atoms with E-state index in [1.807, 2.05) is 0 Å². The first-order chi connectivity index (χ1) is 8.11. The summed E-state index contributed by atoms with van der Waals surface area (Å²) in [7, 11) is 0. The topological polar surface area (TPSA) is 52.9 Å². The molecule has 1 amide bonds. The summed E-state index contributed by atoms with van der Waals surface area (Å²) < 4.78 is 13.6. The summed E-state index contributed by atoms with van der Waals surface area (Å²) >= 11 is 3.02. The number of nitrogens with zero attached hydrogens (tertiary/aromatic N) is 1. The number of hydrogen-bond donors (Lipinski definition) is 1. The predicted octanol–water partition coefficient (Wildman–Crippen LogP) is 2.62. The summed E-state index contributed by atoms with van der Waals surface area (Å²) in [4.78, 5) is 11.8. The molecule has 1 aliphatic rings. The molecule has 0 saturated heterocycles. The minimum absolute atomic E-state index is 0.228. The molecular formula is C12H10BrFN2O. The number of carbonyl (C=O) groups is 1. The number of amides is 1. The SMILES string of the molecule is N#CC(NC(=O)c1ccc(Br)c(F)c1)C1CC1. The first-order valence-corrected chi connectivity index (χ1v) is 6.06. The van der Waals surface area contributed by atoms with E-state index in [4.69, 9.17) is 5.26 Å². The number of halogens is 2. The van der Waals surface area contributed by atoms with Gasteiger partial charge in [-0.05, 0) is 52.9 Å². The minimum atomic E-state index is -0.488. The Morgan fingerprint density at radius 1 is 1.59 bits per heavy atom. The van der Waals surface area contributed by atoms with Gasteiger partial charge in [-0.2, -0.15) is 5.26 Å². The molecule has 1 aliphatic carbocycles. The molecule has 1 fully saturated rings. The van der Waals surface area contributed by atoms with E-state index in [0.717, 1.165) is 18.9 Å². The maximum absolute atomic E-state index is 13.2. The van der Waals surface area contributed by atoms with Crippen molar-refractivity contribution in [3.63, 3.8) is 0 Å². The zero-order valence-electron chi connectivity index (χ0n) is 8.91. The molecule has 1 atom stereocenters. The second-order valence-corrected chi connectivity index (χ2v) is 4.90. The third kappa shape index (κ3) is 2.83. The smallest absolute Gasteiger partial charge is 0.252 e. The van der Waals surface area contributed by atoms with Crippen molar-refractivity contribution in [1.29, 1.82) is 5.26 Å². The van der Waals surface area contributed by atoms with Crippen molar-refractivity contribution >= 4 is 21.8 Å². The fourth-order valence-electron chi connectivity index (χ4n) is 1.55. The Morgan fingerprint density at radius 2 is 2.29 bits per heavy atom. The average molecular weight is 297 g/mol. The second-order valence-electron chi connectivity index (χ2n) is 4.05. The highest BCUT2D eigenvalue weighted by atomic mass is 79.9. The monoisotopic (exact) mass is 296 g/mol. The highest BCUT2D eigenvalue weighted by Crippen LogP contribution is 2.32. The molecule has 1 unspecified atom stereocenters. The zero-order chi connectivity index (χ0) is 12.4. The van der Waals surface area contributed by atoms with Gasteiger partial charge in [-0.15, -0.1) is 0 Å². The van der Waals surface area contributed by atoms with Gasteiger partial charge in [0.2, 0.25) is 0 Å². The molecule has 0 radical (unpaired) electrons. The van der Waals surface area contributed by atoms with E-state index in [1.165, 1.54) is 12.1 Å². The Bertz CT molecular complexity index is 494. The van der Waals surface area contributed by atoms with E-state index < -0.39 is 17.8 Å². The molecule has 1 aromatic rings. The van der Waals surface area contributed by atoms with Crippen molar-refractivity contribution in [2.45, 2.75) is 18.9 Å². The Hall–Kier alpha value is -1.41. The van der Waals surface area contributed by atoms with Crippen molar-refractivity contribution in [1.82, 2.24) is 5.32 Å². The maximum Gasteiger partial charge on any atom is 0.252 e. The van der Waals surface area contributed by atoms with Gasteiger partial charge in [0.1, 0.15) is 11.9 Å². The summed E-state index contributed by atoms with van der Waals surface area (Å²) in [5, 5.41) is 11.5. The standard InChI is InChI=1S/C12H10BrFN2O/c13-9-4-3-8(5-10(9)14)12(17)16-11(6-15)7-1-2-7/h3-5,7,11H,1-2H2,(H,16,17). The molecule has 5 heteroatoms. The molecule has 1 N–H and O–H groups in total. The summed E-state index contributed by atoms with van der Waals surface area (Å²) in [6.45, 7) is 0. The van der Waals surface area contributed by atoms with Crippen molar-refractivity contribution in [3.8, 4) is 6.07 Å². The molecule has 88 valence electrons. The minimum Gasteiger partial charge on any atom is -0.336 e. The molecular weight excluding hydrogens is 287 g/mol. The molecule has 3 nitrogen and oxygen atoms in total. The molecule has 0 aliphatic heterocycles. The van der Waals surface area contributed by atoms with Gasteiger partial charge >= 0.3 is 0 Å². The van der Waals surface area contributed by atoms with Crippen molar-refractivity contribution in [2.75, 3.05) is 0 Å². The number of hydrogen-bond acceptors (Lipinski definition) is 2. The molecule has 17 heavy (non-hydrogen) atoms. The van der Waals surface area contributed by atoms with Crippen LogP contribution in [-0.2, 0) is 0 Å². The van der Waals surface area contributed by atoms with Crippen molar-refractivity contribution < 1.29 is 9.18 Å². The Labute approximate surface area is 107 Å². The second kappa shape index (κ2) is 4.84. The van der Waals surface area contributed by atoms with E-state index in [2.05, 4.69) is 27.3 Å². The van der Waals surface area contributed by atoms with Crippen LogP contribution in [0.2, 0.25) is 0 Å². The van der Waals surface area contributed by atoms with Crippen LogP contribution in [0.4, 0.5) is 4.39 Å². The normalized spacial score (nSPS) is 16.1. The van der Waals surface area contributed by atoms with Crippen LogP contribution in [0.25, 0.3) is 0 Å². The molecule has 1 saturated carbocycles. The maximum atomic E-state index is 13.2. The quantitative estimate of drug-likeness (QED) is 0.932. The lowest BCUT2D eigenvalue weighted by Gasteiger charge is -2.10. The van der Waals surface area contributed by atoms with Gasteiger partial charge in [0, 0.05) is 5.56 Å². The summed E-state index contributed by atoms with van der Waals surface area (Å²) in [6.07, 6.45) is 1.93. The van der Waals surface area contributed by atoms with Crippen LogP contribution in [0.1, 0.15) is 23.2 Å². The number of nitriles is 1. The first-order valence-electron chi connectivity index (χ1n) is 5.27. The van der Waals surface area contributed by atoms with Gasteiger partial charge in [-0.1, -0.05) is 0 Å². The van der Waals surface area contributed by atoms with Gasteiger partial charge in [-0.25, -0.2) is 4.39 Å². The zero-order valence-corrected chi connectivity index (χ0v) is 10.5. The van der Waals surface area contributed by atoms with Crippen LogP contribution in [0.5, 0.6) is 0 Å². The Morgan fingerprint density at radius 3 is 2.82 bits per heavy atom. The fraction of sp³-hybridized carbons (Fsp3) is 0.333. The van der Waals surface area contributed by atoms with E-state index in [1.54, 1.807) is 0 Å².